The second-order valence-corrected chi connectivity index (χ2v) is 9.10. The molecule has 2 aromatic heterocycles. The van der Waals surface area contributed by atoms with Crippen LogP contribution in [0.1, 0.15) is 17.3 Å². The number of pyridine rings is 1. The summed E-state index contributed by atoms with van der Waals surface area (Å²) in [4.78, 5) is 36.7. The van der Waals surface area contributed by atoms with Crippen LogP contribution in [0.5, 0.6) is 5.75 Å². The Bertz CT molecular complexity index is 1400. The molecule has 164 valence electrons. The van der Waals surface area contributed by atoms with E-state index >= 15 is 0 Å². The third-order valence-electron chi connectivity index (χ3n) is 5.33. The number of thiazole rings is 1. The maximum atomic E-state index is 13.2. The Hall–Kier alpha value is -3.56. The molecule has 1 aliphatic heterocycles. The maximum absolute atomic E-state index is 13.2. The van der Waals surface area contributed by atoms with Crippen molar-refractivity contribution < 1.29 is 19.4 Å². The minimum atomic E-state index is -0.923. The van der Waals surface area contributed by atoms with Gasteiger partial charge in [0.05, 0.1) is 33.1 Å². The lowest BCUT2D eigenvalue weighted by Gasteiger charge is -2.22. The number of carbonyl (C=O) groups excluding carboxylic acids is 2. The Balaban J connectivity index is 1.72. The molecule has 0 saturated carbocycles. The third-order valence-corrected chi connectivity index (χ3v) is 6.98. The Morgan fingerprint density at radius 3 is 2.61 bits per heavy atom. The molecule has 0 spiro atoms. The van der Waals surface area contributed by atoms with Gasteiger partial charge in [-0.05, 0) is 58.4 Å². The fourth-order valence-corrected chi connectivity index (χ4v) is 5.31. The van der Waals surface area contributed by atoms with E-state index in [4.69, 9.17) is 4.74 Å². The summed E-state index contributed by atoms with van der Waals surface area (Å²) in [6.07, 6.45) is 1.58. The molecule has 0 bridgehead atoms. The first-order chi connectivity index (χ1) is 16.0. The van der Waals surface area contributed by atoms with E-state index in [0.717, 1.165) is 10.2 Å². The number of nitrogens with zero attached hydrogens (tertiary/aromatic N) is 3. The van der Waals surface area contributed by atoms with Gasteiger partial charge in [0, 0.05) is 11.8 Å². The molecule has 3 heterocycles. The number of ether oxygens (including phenoxy) is 1. The fourth-order valence-electron chi connectivity index (χ4n) is 3.78. The van der Waals surface area contributed by atoms with E-state index in [2.05, 4.69) is 25.9 Å². The predicted molar refractivity (Wildman–Crippen MR) is 129 cm³/mol. The monoisotopic (exact) mass is 521 g/mol. The molecule has 0 aliphatic carbocycles. The van der Waals surface area contributed by atoms with Gasteiger partial charge in [-0.2, -0.15) is 0 Å². The van der Waals surface area contributed by atoms with Crippen LogP contribution in [-0.2, 0) is 9.59 Å². The topological polar surface area (TPSA) is 92.6 Å². The van der Waals surface area contributed by atoms with Gasteiger partial charge in [0.25, 0.3) is 5.78 Å². The van der Waals surface area contributed by atoms with Crippen molar-refractivity contribution in [1.82, 2.24) is 9.97 Å². The SMILES string of the molecule is COc1ccc(/C(O)=C2\C(=O)C(=O)N(c3nc4ccccc4s3)C2c2ccccn2)cc1Br. The summed E-state index contributed by atoms with van der Waals surface area (Å²) in [5.41, 5.74) is 1.49. The average molecular weight is 522 g/mol. The summed E-state index contributed by atoms with van der Waals surface area (Å²) >= 11 is 4.70. The zero-order valence-electron chi connectivity index (χ0n) is 17.2. The van der Waals surface area contributed by atoms with Crippen LogP contribution in [0.3, 0.4) is 0 Å². The first-order valence-electron chi connectivity index (χ1n) is 9.91. The van der Waals surface area contributed by atoms with Crippen molar-refractivity contribution in [3.05, 3.63) is 88.2 Å². The van der Waals surface area contributed by atoms with Gasteiger partial charge < -0.3 is 9.84 Å². The Labute approximate surface area is 201 Å². The second kappa shape index (κ2) is 8.42. The molecule has 2 aromatic carbocycles. The van der Waals surface area contributed by atoms with E-state index in [9.17, 15) is 14.7 Å². The van der Waals surface area contributed by atoms with Crippen molar-refractivity contribution in [2.24, 2.45) is 0 Å². The van der Waals surface area contributed by atoms with Crippen LogP contribution in [-0.4, -0.2) is 33.9 Å². The lowest BCUT2D eigenvalue weighted by Crippen LogP contribution is -2.29. The third kappa shape index (κ3) is 3.59. The van der Waals surface area contributed by atoms with Gasteiger partial charge in [-0.3, -0.25) is 19.5 Å². The molecule has 1 saturated heterocycles. The van der Waals surface area contributed by atoms with Crippen molar-refractivity contribution >= 4 is 60.1 Å². The van der Waals surface area contributed by atoms with Crippen LogP contribution in [0, 0.1) is 0 Å². The quantitative estimate of drug-likeness (QED) is 0.228. The van der Waals surface area contributed by atoms with E-state index in [-0.39, 0.29) is 11.3 Å². The van der Waals surface area contributed by atoms with Crippen molar-refractivity contribution in [3.63, 3.8) is 0 Å². The normalized spacial score (nSPS) is 17.6. The van der Waals surface area contributed by atoms with Crippen molar-refractivity contribution in [1.29, 1.82) is 0 Å². The number of aliphatic hydroxyl groups is 1. The van der Waals surface area contributed by atoms with Crippen molar-refractivity contribution in [2.45, 2.75) is 6.04 Å². The highest BCUT2D eigenvalue weighted by molar-refractivity contribution is 9.10. The van der Waals surface area contributed by atoms with Gasteiger partial charge >= 0.3 is 5.91 Å². The molecule has 1 amide bonds. The fraction of sp³-hybridized carbons (Fsp3) is 0.0833. The lowest BCUT2D eigenvalue weighted by molar-refractivity contribution is -0.132. The zero-order valence-corrected chi connectivity index (χ0v) is 19.6. The molecular weight excluding hydrogens is 506 g/mol. The van der Waals surface area contributed by atoms with Gasteiger partial charge in [0.1, 0.15) is 17.6 Å². The van der Waals surface area contributed by atoms with Crippen molar-refractivity contribution in [2.75, 3.05) is 12.0 Å². The highest BCUT2D eigenvalue weighted by Crippen LogP contribution is 2.44. The van der Waals surface area contributed by atoms with Crippen LogP contribution in [0.15, 0.2) is 76.9 Å². The number of ketones is 1. The van der Waals surface area contributed by atoms with Crippen LogP contribution < -0.4 is 9.64 Å². The Morgan fingerprint density at radius 2 is 1.91 bits per heavy atom. The van der Waals surface area contributed by atoms with Gasteiger partial charge in [-0.15, -0.1) is 0 Å². The Kier molecular flexibility index (Phi) is 5.43. The first kappa shape index (κ1) is 21.3. The largest absolute Gasteiger partial charge is 0.507 e. The number of amides is 1. The number of aliphatic hydroxyl groups excluding tert-OH is 1. The first-order valence-corrected chi connectivity index (χ1v) is 11.5. The summed E-state index contributed by atoms with van der Waals surface area (Å²) in [5, 5.41) is 11.6. The summed E-state index contributed by atoms with van der Waals surface area (Å²) in [6, 6.07) is 16.7. The molecule has 9 heteroatoms. The molecule has 4 aromatic rings. The lowest BCUT2D eigenvalue weighted by atomic mass is 9.98. The highest BCUT2D eigenvalue weighted by Gasteiger charge is 2.48. The summed E-state index contributed by atoms with van der Waals surface area (Å²) in [6.45, 7) is 0. The van der Waals surface area contributed by atoms with Gasteiger partial charge in [-0.1, -0.05) is 29.5 Å². The smallest absolute Gasteiger partial charge is 0.301 e. The number of carbonyl (C=O) groups is 2. The number of rotatable bonds is 4. The van der Waals surface area contributed by atoms with Gasteiger partial charge in [0.15, 0.2) is 5.13 Å². The molecule has 33 heavy (non-hydrogen) atoms. The van der Waals surface area contributed by atoms with Crippen LogP contribution in [0.4, 0.5) is 5.13 Å². The number of anilines is 1. The van der Waals surface area contributed by atoms with Crippen LogP contribution in [0.2, 0.25) is 0 Å². The van der Waals surface area contributed by atoms with E-state index in [1.54, 1.807) is 42.6 Å². The van der Waals surface area contributed by atoms with Crippen LogP contribution >= 0.6 is 27.3 Å². The number of halogens is 1. The number of hydrogen-bond acceptors (Lipinski definition) is 7. The number of para-hydroxylation sites is 1. The summed E-state index contributed by atoms with van der Waals surface area (Å²) in [7, 11) is 1.53. The number of Topliss-reactive ketones (excluding diaryl/α,β-unsaturated/α-hetero) is 1. The van der Waals surface area contributed by atoms with Gasteiger partial charge in [0.2, 0.25) is 0 Å². The molecule has 0 radical (unpaired) electrons. The van der Waals surface area contributed by atoms with Gasteiger partial charge in [-0.25, -0.2) is 4.98 Å². The molecule has 1 fully saturated rings. The zero-order chi connectivity index (χ0) is 23.1. The molecule has 1 N–H and O–H groups in total. The second-order valence-electron chi connectivity index (χ2n) is 7.24. The molecular formula is C24H16BrN3O4S. The summed E-state index contributed by atoms with van der Waals surface area (Å²) in [5.74, 6) is -1.29. The number of aromatic nitrogens is 2. The highest BCUT2D eigenvalue weighted by atomic mass is 79.9. The number of hydrogen-bond donors (Lipinski definition) is 1. The number of benzene rings is 2. The molecule has 1 aliphatic rings. The molecule has 1 unspecified atom stereocenters. The number of methoxy groups -OCH3 is 1. The minimum absolute atomic E-state index is 0.0463. The standard InChI is InChI=1S/C24H16BrN3O4S/c1-32-17-10-9-13(12-14(17)25)21(29)19-20(16-7-4-5-11-26-16)28(23(31)22(19)30)24-27-15-6-2-3-8-18(15)33-24/h2-12,20,29H,1H3/b21-19+. The van der Waals surface area contributed by atoms with E-state index in [0.29, 0.717) is 26.6 Å². The van der Waals surface area contributed by atoms with E-state index < -0.39 is 17.7 Å². The Morgan fingerprint density at radius 1 is 1.12 bits per heavy atom. The predicted octanol–water partition coefficient (Wildman–Crippen LogP) is 5.09. The van der Waals surface area contributed by atoms with E-state index in [1.807, 2.05) is 24.3 Å². The average Bonchev–Trinajstić information content (AvgIpc) is 3.37. The maximum Gasteiger partial charge on any atom is 0.301 e. The molecule has 1 atom stereocenters. The summed E-state index contributed by atoms with van der Waals surface area (Å²) < 4.78 is 6.73. The van der Waals surface area contributed by atoms with E-state index in [1.165, 1.54) is 23.3 Å². The van der Waals surface area contributed by atoms with Crippen molar-refractivity contribution in [3.8, 4) is 5.75 Å². The molecule has 7 nitrogen and oxygen atoms in total. The van der Waals surface area contributed by atoms with Crippen LogP contribution in [0.25, 0.3) is 16.0 Å². The molecule has 5 rings (SSSR count). The minimum Gasteiger partial charge on any atom is -0.507 e. The number of fused-ring (bicyclic) bond motifs is 1.